The second-order valence-electron chi connectivity index (χ2n) is 4.45. The largest absolute Gasteiger partial charge is 0.495 e. The molecular formula is C13H19FN2O. The number of hydrogen-bond acceptors (Lipinski definition) is 3. The van der Waals surface area contributed by atoms with Crippen molar-refractivity contribution in [3.05, 3.63) is 17.9 Å². The van der Waals surface area contributed by atoms with Gasteiger partial charge in [0.2, 0.25) is 0 Å². The van der Waals surface area contributed by atoms with E-state index in [0.29, 0.717) is 17.1 Å². The number of ether oxygens (including phenoxy) is 1. The minimum absolute atomic E-state index is 0.259. The van der Waals surface area contributed by atoms with E-state index >= 15 is 0 Å². The van der Waals surface area contributed by atoms with Crippen LogP contribution in [0.4, 0.5) is 15.8 Å². The Labute approximate surface area is 101 Å². The van der Waals surface area contributed by atoms with Crippen LogP contribution in [-0.2, 0) is 0 Å². The minimum atomic E-state index is -0.259. The van der Waals surface area contributed by atoms with Crippen LogP contribution in [0.25, 0.3) is 0 Å². The zero-order chi connectivity index (χ0) is 12.3. The van der Waals surface area contributed by atoms with Crippen molar-refractivity contribution < 1.29 is 9.13 Å². The fourth-order valence-corrected chi connectivity index (χ4v) is 2.29. The highest BCUT2D eigenvalue weighted by Crippen LogP contribution is 2.31. The number of methoxy groups -OCH3 is 1. The molecule has 0 saturated carbocycles. The summed E-state index contributed by atoms with van der Waals surface area (Å²) in [4.78, 5) is 2.09. The summed E-state index contributed by atoms with van der Waals surface area (Å²) in [5, 5.41) is 0. The van der Waals surface area contributed by atoms with Crippen molar-refractivity contribution in [3.8, 4) is 5.75 Å². The Bertz CT molecular complexity index is 387. The molecule has 0 atom stereocenters. The van der Waals surface area contributed by atoms with Crippen LogP contribution >= 0.6 is 0 Å². The predicted molar refractivity (Wildman–Crippen MR) is 68.0 cm³/mol. The summed E-state index contributed by atoms with van der Waals surface area (Å²) < 4.78 is 19.1. The van der Waals surface area contributed by atoms with Gasteiger partial charge in [0.15, 0.2) is 0 Å². The molecule has 2 rings (SSSR count). The van der Waals surface area contributed by atoms with Crippen molar-refractivity contribution >= 4 is 11.4 Å². The Morgan fingerprint density at radius 1 is 1.18 bits per heavy atom. The molecule has 3 nitrogen and oxygen atoms in total. The molecule has 0 aliphatic carbocycles. The molecule has 1 saturated heterocycles. The summed E-state index contributed by atoms with van der Waals surface area (Å²) in [5.41, 5.74) is 6.64. The maximum atomic E-state index is 13.9. The first-order chi connectivity index (χ1) is 8.22. The van der Waals surface area contributed by atoms with E-state index in [0.717, 1.165) is 25.9 Å². The van der Waals surface area contributed by atoms with Gasteiger partial charge in [-0.2, -0.15) is 0 Å². The van der Waals surface area contributed by atoms with Gasteiger partial charge in [-0.3, -0.25) is 0 Å². The first-order valence-electron chi connectivity index (χ1n) is 6.10. The van der Waals surface area contributed by atoms with Gasteiger partial charge in [-0.1, -0.05) is 12.8 Å². The highest BCUT2D eigenvalue weighted by Gasteiger charge is 2.16. The molecule has 0 spiro atoms. The van der Waals surface area contributed by atoms with Crippen molar-refractivity contribution in [2.24, 2.45) is 0 Å². The van der Waals surface area contributed by atoms with Gasteiger partial charge in [0, 0.05) is 25.2 Å². The summed E-state index contributed by atoms with van der Waals surface area (Å²) in [7, 11) is 1.55. The number of benzene rings is 1. The van der Waals surface area contributed by atoms with Gasteiger partial charge in [0.05, 0.1) is 18.5 Å². The fraction of sp³-hybridized carbons (Fsp3) is 0.538. The molecule has 0 radical (unpaired) electrons. The maximum absolute atomic E-state index is 13.9. The monoisotopic (exact) mass is 238 g/mol. The second kappa shape index (κ2) is 5.25. The van der Waals surface area contributed by atoms with Crippen LogP contribution in [-0.4, -0.2) is 20.2 Å². The van der Waals surface area contributed by atoms with Gasteiger partial charge in [0.25, 0.3) is 0 Å². The summed E-state index contributed by atoms with van der Waals surface area (Å²) in [6.07, 6.45) is 4.69. The van der Waals surface area contributed by atoms with E-state index in [-0.39, 0.29) is 5.82 Å². The molecule has 1 aromatic carbocycles. The Balaban J connectivity index is 2.29. The third-order valence-corrected chi connectivity index (χ3v) is 3.25. The highest BCUT2D eigenvalue weighted by molar-refractivity contribution is 5.63. The zero-order valence-electron chi connectivity index (χ0n) is 10.2. The number of nitrogen functional groups attached to an aromatic ring is 1. The van der Waals surface area contributed by atoms with E-state index in [1.54, 1.807) is 13.2 Å². The van der Waals surface area contributed by atoms with E-state index in [1.165, 1.54) is 18.9 Å². The van der Waals surface area contributed by atoms with Crippen LogP contribution in [0.3, 0.4) is 0 Å². The molecule has 0 bridgehead atoms. The predicted octanol–water partition coefficient (Wildman–Crippen LogP) is 2.80. The number of anilines is 2. The maximum Gasteiger partial charge on any atom is 0.148 e. The van der Waals surface area contributed by atoms with E-state index in [2.05, 4.69) is 4.90 Å². The van der Waals surface area contributed by atoms with Gasteiger partial charge in [-0.25, -0.2) is 4.39 Å². The summed E-state index contributed by atoms with van der Waals surface area (Å²) >= 11 is 0. The smallest absolute Gasteiger partial charge is 0.148 e. The first kappa shape index (κ1) is 12.0. The third kappa shape index (κ3) is 2.62. The first-order valence-corrected chi connectivity index (χ1v) is 6.10. The SMILES string of the molecule is COc1cc(N2CCCCCC2)c(F)cc1N. The van der Waals surface area contributed by atoms with Gasteiger partial charge in [0.1, 0.15) is 11.6 Å². The molecule has 94 valence electrons. The van der Waals surface area contributed by atoms with Crippen molar-refractivity contribution in [1.29, 1.82) is 0 Å². The molecule has 4 heteroatoms. The lowest BCUT2D eigenvalue weighted by molar-refractivity contribution is 0.416. The van der Waals surface area contributed by atoms with Gasteiger partial charge >= 0.3 is 0 Å². The van der Waals surface area contributed by atoms with Gasteiger partial charge < -0.3 is 15.4 Å². The normalized spacial score (nSPS) is 16.7. The molecule has 1 heterocycles. The van der Waals surface area contributed by atoms with Gasteiger partial charge in [-0.05, 0) is 12.8 Å². The van der Waals surface area contributed by atoms with E-state index in [9.17, 15) is 4.39 Å². The zero-order valence-corrected chi connectivity index (χ0v) is 10.2. The Kier molecular flexibility index (Phi) is 3.71. The van der Waals surface area contributed by atoms with Gasteiger partial charge in [-0.15, -0.1) is 0 Å². The van der Waals surface area contributed by atoms with Crippen LogP contribution in [0, 0.1) is 5.82 Å². The van der Waals surface area contributed by atoms with E-state index in [1.807, 2.05) is 0 Å². The molecule has 17 heavy (non-hydrogen) atoms. The van der Waals surface area contributed by atoms with Crippen LogP contribution in [0.15, 0.2) is 12.1 Å². The van der Waals surface area contributed by atoms with Crippen LogP contribution < -0.4 is 15.4 Å². The highest BCUT2D eigenvalue weighted by atomic mass is 19.1. The molecule has 0 amide bonds. The molecule has 1 aromatic rings. The summed E-state index contributed by atoms with van der Waals surface area (Å²) in [6, 6.07) is 3.05. The van der Waals surface area contributed by atoms with Crippen molar-refractivity contribution in [3.63, 3.8) is 0 Å². The van der Waals surface area contributed by atoms with Crippen molar-refractivity contribution in [1.82, 2.24) is 0 Å². The number of nitrogens with zero attached hydrogens (tertiary/aromatic N) is 1. The van der Waals surface area contributed by atoms with Crippen molar-refractivity contribution in [2.75, 3.05) is 30.8 Å². The Morgan fingerprint density at radius 3 is 2.41 bits per heavy atom. The van der Waals surface area contributed by atoms with Crippen LogP contribution in [0.5, 0.6) is 5.75 Å². The standard InChI is InChI=1S/C13H19FN2O/c1-17-13-9-12(10(14)8-11(13)15)16-6-4-2-3-5-7-16/h8-9H,2-7,15H2,1H3. The minimum Gasteiger partial charge on any atom is -0.495 e. The van der Waals surface area contributed by atoms with E-state index in [4.69, 9.17) is 10.5 Å². The summed E-state index contributed by atoms with van der Waals surface area (Å²) in [6.45, 7) is 1.81. The van der Waals surface area contributed by atoms with Crippen LogP contribution in [0.1, 0.15) is 25.7 Å². The summed E-state index contributed by atoms with van der Waals surface area (Å²) in [5.74, 6) is 0.288. The number of hydrogen-bond donors (Lipinski definition) is 1. The lowest BCUT2D eigenvalue weighted by atomic mass is 10.2. The van der Waals surface area contributed by atoms with E-state index < -0.39 is 0 Å². The average Bonchev–Trinajstić information content (AvgIpc) is 2.58. The third-order valence-electron chi connectivity index (χ3n) is 3.25. The average molecular weight is 238 g/mol. The topological polar surface area (TPSA) is 38.5 Å². The lowest BCUT2D eigenvalue weighted by Gasteiger charge is -2.24. The van der Waals surface area contributed by atoms with Crippen LogP contribution in [0.2, 0.25) is 0 Å². The lowest BCUT2D eigenvalue weighted by Crippen LogP contribution is -2.25. The number of rotatable bonds is 2. The molecule has 0 aromatic heterocycles. The quantitative estimate of drug-likeness (QED) is 0.805. The fourth-order valence-electron chi connectivity index (χ4n) is 2.29. The number of nitrogens with two attached hydrogens (primary N) is 1. The molecule has 1 fully saturated rings. The number of halogens is 1. The van der Waals surface area contributed by atoms with Crippen molar-refractivity contribution in [2.45, 2.75) is 25.7 Å². The molecular weight excluding hydrogens is 219 g/mol. The molecule has 1 aliphatic heterocycles. The Morgan fingerprint density at radius 2 is 1.82 bits per heavy atom. The second-order valence-corrected chi connectivity index (χ2v) is 4.45. The Hall–Kier alpha value is -1.45. The molecule has 0 unspecified atom stereocenters. The molecule has 2 N–H and O–H groups in total. The molecule has 1 aliphatic rings.